The number of carbonyl (C=O) groups is 1. The Morgan fingerprint density at radius 3 is 2.44 bits per heavy atom. The topological polar surface area (TPSA) is 93.7 Å². The van der Waals surface area contributed by atoms with Crippen LogP contribution in [0.1, 0.15) is 53.4 Å². The third-order valence-electron chi connectivity index (χ3n) is 3.48. The SMILES string of the molecule is CCCCCCOc1ccccc1S(=O)(=O)NCCNC(=O)OC(C)(C)C. The van der Waals surface area contributed by atoms with Gasteiger partial charge in [0.15, 0.2) is 0 Å². The zero-order valence-corrected chi connectivity index (χ0v) is 17.5. The minimum Gasteiger partial charge on any atom is -0.492 e. The van der Waals surface area contributed by atoms with E-state index in [4.69, 9.17) is 9.47 Å². The number of hydrogen-bond donors (Lipinski definition) is 2. The molecular formula is C19H32N2O5S. The Labute approximate surface area is 162 Å². The second kappa shape index (κ2) is 11.1. The van der Waals surface area contributed by atoms with Crippen molar-refractivity contribution in [1.29, 1.82) is 0 Å². The lowest BCUT2D eigenvalue weighted by molar-refractivity contribution is 0.0529. The number of carbonyl (C=O) groups excluding carboxylic acids is 1. The maximum absolute atomic E-state index is 12.5. The normalized spacial score (nSPS) is 11.9. The zero-order chi connectivity index (χ0) is 20.3. The standard InChI is InChI=1S/C19H32N2O5S/c1-5-6-7-10-15-25-16-11-8-9-12-17(16)27(23,24)21-14-13-20-18(22)26-19(2,3)4/h8-9,11-12,21H,5-7,10,13-15H2,1-4H3,(H,20,22). The van der Waals surface area contributed by atoms with E-state index in [0.29, 0.717) is 12.4 Å². The average molecular weight is 401 g/mol. The van der Waals surface area contributed by atoms with Crippen LogP contribution in [0.15, 0.2) is 29.2 Å². The first-order chi connectivity index (χ1) is 12.7. The van der Waals surface area contributed by atoms with E-state index in [-0.39, 0.29) is 18.0 Å². The molecule has 0 aromatic heterocycles. The van der Waals surface area contributed by atoms with Gasteiger partial charge in [0.2, 0.25) is 10.0 Å². The van der Waals surface area contributed by atoms with Crippen LogP contribution in [-0.4, -0.2) is 39.8 Å². The van der Waals surface area contributed by atoms with Crippen LogP contribution < -0.4 is 14.8 Å². The lowest BCUT2D eigenvalue weighted by atomic mass is 10.2. The molecule has 0 unspecified atom stereocenters. The second-order valence-corrected chi connectivity index (χ2v) is 8.92. The van der Waals surface area contributed by atoms with Crippen molar-refractivity contribution < 1.29 is 22.7 Å². The quantitative estimate of drug-likeness (QED) is 0.555. The molecule has 1 aromatic carbocycles. The maximum Gasteiger partial charge on any atom is 0.407 e. The van der Waals surface area contributed by atoms with Crippen LogP contribution in [0.4, 0.5) is 4.79 Å². The minimum absolute atomic E-state index is 0.0480. The molecule has 1 rings (SSSR count). The largest absolute Gasteiger partial charge is 0.492 e. The van der Waals surface area contributed by atoms with Crippen LogP contribution in [0.3, 0.4) is 0 Å². The van der Waals surface area contributed by atoms with Crippen molar-refractivity contribution in [3.05, 3.63) is 24.3 Å². The molecule has 0 saturated carbocycles. The molecule has 0 spiro atoms. The molecule has 0 radical (unpaired) electrons. The molecular weight excluding hydrogens is 368 g/mol. The van der Waals surface area contributed by atoms with Crippen molar-refractivity contribution >= 4 is 16.1 Å². The zero-order valence-electron chi connectivity index (χ0n) is 16.7. The molecule has 0 atom stereocenters. The molecule has 0 aliphatic rings. The van der Waals surface area contributed by atoms with Gasteiger partial charge in [0.25, 0.3) is 0 Å². The first-order valence-corrected chi connectivity index (χ1v) is 10.8. The summed E-state index contributed by atoms with van der Waals surface area (Å²) in [6.45, 7) is 8.05. The number of para-hydroxylation sites is 1. The van der Waals surface area contributed by atoms with Crippen molar-refractivity contribution in [2.75, 3.05) is 19.7 Å². The van der Waals surface area contributed by atoms with Crippen molar-refractivity contribution in [3.63, 3.8) is 0 Å². The van der Waals surface area contributed by atoms with Crippen LogP contribution in [0, 0.1) is 0 Å². The fourth-order valence-electron chi connectivity index (χ4n) is 2.24. The van der Waals surface area contributed by atoms with E-state index in [1.165, 1.54) is 6.07 Å². The van der Waals surface area contributed by atoms with Crippen LogP contribution in [-0.2, 0) is 14.8 Å². The Morgan fingerprint density at radius 2 is 1.78 bits per heavy atom. The van der Waals surface area contributed by atoms with Gasteiger partial charge in [-0.25, -0.2) is 17.9 Å². The Balaban J connectivity index is 2.53. The molecule has 0 fully saturated rings. The summed E-state index contributed by atoms with van der Waals surface area (Å²) in [6.07, 6.45) is 3.62. The Kier molecular flexibility index (Phi) is 9.59. The van der Waals surface area contributed by atoms with Crippen molar-refractivity contribution in [1.82, 2.24) is 10.0 Å². The van der Waals surface area contributed by atoms with E-state index in [1.54, 1.807) is 39.0 Å². The van der Waals surface area contributed by atoms with Gasteiger partial charge >= 0.3 is 6.09 Å². The summed E-state index contributed by atoms with van der Waals surface area (Å²) < 4.78 is 38.3. The monoisotopic (exact) mass is 400 g/mol. The van der Waals surface area contributed by atoms with Gasteiger partial charge in [-0.15, -0.1) is 0 Å². The molecule has 0 aliphatic carbocycles. The predicted octanol–water partition coefficient (Wildman–Crippen LogP) is 3.45. The first kappa shape index (κ1) is 23.2. The van der Waals surface area contributed by atoms with Gasteiger partial charge in [0.1, 0.15) is 16.2 Å². The molecule has 0 bridgehead atoms. The van der Waals surface area contributed by atoms with Gasteiger partial charge < -0.3 is 14.8 Å². The van der Waals surface area contributed by atoms with Crippen LogP contribution >= 0.6 is 0 Å². The van der Waals surface area contributed by atoms with E-state index in [1.807, 2.05) is 0 Å². The lowest BCUT2D eigenvalue weighted by Crippen LogP contribution is -2.37. The van der Waals surface area contributed by atoms with E-state index < -0.39 is 21.7 Å². The van der Waals surface area contributed by atoms with Crippen molar-refractivity contribution in [2.45, 2.75) is 63.9 Å². The molecule has 7 nitrogen and oxygen atoms in total. The van der Waals surface area contributed by atoms with E-state index in [2.05, 4.69) is 17.0 Å². The molecule has 8 heteroatoms. The first-order valence-electron chi connectivity index (χ1n) is 9.34. The number of ether oxygens (including phenoxy) is 2. The Morgan fingerprint density at radius 1 is 1.07 bits per heavy atom. The van der Waals surface area contributed by atoms with Gasteiger partial charge in [-0.05, 0) is 39.3 Å². The number of nitrogens with one attached hydrogen (secondary N) is 2. The molecule has 154 valence electrons. The summed E-state index contributed by atoms with van der Waals surface area (Å²) >= 11 is 0. The van der Waals surface area contributed by atoms with Gasteiger partial charge in [0.05, 0.1) is 6.61 Å². The molecule has 27 heavy (non-hydrogen) atoms. The fraction of sp³-hybridized carbons (Fsp3) is 0.632. The van der Waals surface area contributed by atoms with Gasteiger partial charge in [-0.1, -0.05) is 38.3 Å². The summed E-state index contributed by atoms with van der Waals surface area (Å²) in [5.41, 5.74) is -0.600. The number of amides is 1. The predicted molar refractivity (Wildman–Crippen MR) is 106 cm³/mol. The minimum atomic E-state index is -3.74. The Bertz CT molecular complexity index is 684. The number of alkyl carbamates (subject to hydrolysis) is 1. The van der Waals surface area contributed by atoms with Crippen molar-refractivity contribution in [2.24, 2.45) is 0 Å². The highest BCUT2D eigenvalue weighted by Crippen LogP contribution is 2.23. The van der Waals surface area contributed by atoms with Gasteiger partial charge in [-0.2, -0.15) is 0 Å². The van der Waals surface area contributed by atoms with E-state index in [0.717, 1.165) is 25.7 Å². The lowest BCUT2D eigenvalue weighted by Gasteiger charge is -2.19. The van der Waals surface area contributed by atoms with Crippen LogP contribution in [0.25, 0.3) is 0 Å². The summed E-state index contributed by atoms with van der Waals surface area (Å²) in [6, 6.07) is 6.54. The third kappa shape index (κ3) is 9.63. The molecule has 0 aliphatic heterocycles. The summed E-state index contributed by atoms with van der Waals surface area (Å²) in [4.78, 5) is 11.7. The van der Waals surface area contributed by atoms with Gasteiger partial charge in [0, 0.05) is 13.1 Å². The summed E-state index contributed by atoms with van der Waals surface area (Å²) in [7, 11) is -3.74. The highest BCUT2D eigenvalue weighted by Gasteiger charge is 2.19. The average Bonchev–Trinajstić information content (AvgIpc) is 2.57. The van der Waals surface area contributed by atoms with Crippen molar-refractivity contribution in [3.8, 4) is 5.75 Å². The molecule has 1 aromatic rings. The molecule has 1 amide bonds. The van der Waals surface area contributed by atoms with E-state index in [9.17, 15) is 13.2 Å². The van der Waals surface area contributed by atoms with E-state index >= 15 is 0 Å². The number of rotatable bonds is 11. The smallest absolute Gasteiger partial charge is 0.407 e. The molecule has 0 heterocycles. The number of sulfonamides is 1. The highest BCUT2D eigenvalue weighted by atomic mass is 32.2. The van der Waals surface area contributed by atoms with Gasteiger partial charge in [-0.3, -0.25) is 0 Å². The number of hydrogen-bond acceptors (Lipinski definition) is 5. The Hall–Kier alpha value is -1.80. The highest BCUT2D eigenvalue weighted by molar-refractivity contribution is 7.89. The van der Waals surface area contributed by atoms with Crippen LogP contribution in [0.5, 0.6) is 5.75 Å². The fourth-order valence-corrected chi connectivity index (χ4v) is 3.42. The second-order valence-electron chi connectivity index (χ2n) is 7.18. The van der Waals surface area contributed by atoms with Crippen LogP contribution in [0.2, 0.25) is 0 Å². The third-order valence-corrected chi connectivity index (χ3v) is 4.98. The summed E-state index contributed by atoms with van der Waals surface area (Å²) in [5, 5.41) is 2.51. The molecule has 0 saturated heterocycles. The molecule has 2 N–H and O–H groups in total. The summed E-state index contributed by atoms with van der Waals surface area (Å²) in [5.74, 6) is 0.335. The maximum atomic E-state index is 12.5. The number of unbranched alkanes of at least 4 members (excludes halogenated alkanes) is 3. The number of benzene rings is 1.